The van der Waals surface area contributed by atoms with Gasteiger partial charge in [0.25, 0.3) is 0 Å². The average molecular weight is 313 g/mol. The molecule has 1 aliphatic carbocycles. The highest BCUT2D eigenvalue weighted by Crippen LogP contribution is 2.40. The Labute approximate surface area is 136 Å². The van der Waals surface area contributed by atoms with Crippen LogP contribution >= 0.6 is 0 Å². The summed E-state index contributed by atoms with van der Waals surface area (Å²) >= 11 is 0. The number of nitrogens with zero attached hydrogens (tertiary/aromatic N) is 3. The van der Waals surface area contributed by atoms with Gasteiger partial charge in [-0.15, -0.1) is 0 Å². The first-order chi connectivity index (χ1) is 11.2. The molecule has 0 amide bonds. The molecule has 5 nitrogen and oxygen atoms in total. The Morgan fingerprint density at radius 2 is 2.17 bits per heavy atom. The molecule has 2 fully saturated rings. The van der Waals surface area contributed by atoms with Crippen molar-refractivity contribution in [3.05, 3.63) is 41.0 Å². The van der Waals surface area contributed by atoms with Crippen molar-refractivity contribution in [1.29, 1.82) is 0 Å². The molecule has 1 atom stereocenters. The molecule has 0 radical (unpaired) electrons. The van der Waals surface area contributed by atoms with E-state index >= 15 is 0 Å². The molecule has 2 heterocycles. The Morgan fingerprint density at radius 3 is 2.96 bits per heavy atom. The smallest absolute Gasteiger partial charge is 0.229 e. The maximum atomic E-state index is 5.52. The standard InChI is InChI=1S/C18H23N3O2/c1-12-5-8-16(22-2)14(10-12)11-21-9-3-4-15(21)17-19-18(23-20-17)13-6-7-13/h5,8,10,13,15H,3-4,6-7,9,11H2,1-2H3. The van der Waals surface area contributed by atoms with Gasteiger partial charge in [-0.3, -0.25) is 4.90 Å². The van der Waals surface area contributed by atoms with E-state index in [1.54, 1.807) is 7.11 Å². The first-order valence-electron chi connectivity index (χ1n) is 8.45. The van der Waals surface area contributed by atoms with Crippen LogP contribution in [0.25, 0.3) is 0 Å². The van der Waals surface area contributed by atoms with Crippen molar-refractivity contribution in [2.24, 2.45) is 0 Å². The van der Waals surface area contributed by atoms with Gasteiger partial charge in [0.05, 0.1) is 13.2 Å². The quantitative estimate of drug-likeness (QED) is 0.844. The molecular formula is C18H23N3O2. The van der Waals surface area contributed by atoms with Gasteiger partial charge in [0.15, 0.2) is 5.82 Å². The van der Waals surface area contributed by atoms with Crippen LogP contribution in [0.4, 0.5) is 0 Å². The third-order valence-corrected chi connectivity index (χ3v) is 4.86. The van der Waals surface area contributed by atoms with Gasteiger partial charge in [-0.1, -0.05) is 22.9 Å². The van der Waals surface area contributed by atoms with Gasteiger partial charge in [-0.25, -0.2) is 0 Å². The van der Waals surface area contributed by atoms with Crippen molar-refractivity contribution in [2.75, 3.05) is 13.7 Å². The molecule has 122 valence electrons. The average Bonchev–Trinajstić information content (AvgIpc) is 3.10. The van der Waals surface area contributed by atoms with Crippen LogP contribution in [0.5, 0.6) is 5.75 Å². The normalized spacial score (nSPS) is 21.7. The molecule has 4 rings (SSSR count). The molecule has 1 saturated heterocycles. The van der Waals surface area contributed by atoms with Crippen LogP contribution in [-0.2, 0) is 6.54 Å². The zero-order valence-electron chi connectivity index (χ0n) is 13.8. The molecule has 1 aromatic carbocycles. The van der Waals surface area contributed by atoms with Gasteiger partial charge in [0.2, 0.25) is 5.89 Å². The van der Waals surface area contributed by atoms with Crippen molar-refractivity contribution in [1.82, 2.24) is 15.0 Å². The largest absolute Gasteiger partial charge is 0.496 e. The minimum atomic E-state index is 0.261. The Bertz CT molecular complexity index is 693. The number of aryl methyl sites for hydroxylation is 1. The van der Waals surface area contributed by atoms with Crippen LogP contribution in [0.2, 0.25) is 0 Å². The lowest BCUT2D eigenvalue weighted by Crippen LogP contribution is -2.24. The fraction of sp³-hybridized carbons (Fsp3) is 0.556. The lowest BCUT2D eigenvalue weighted by atomic mass is 10.1. The second-order valence-electron chi connectivity index (χ2n) is 6.71. The highest BCUT2D eigenvalue weighted by Gasteiger charge is 2.34. The molecule has 2 aromatic rings. The number of hydrogen-bond donors (Lipinski definition) is 0. The third kappa shape index (κ3) is 2.98. The van der Waals surface area contributed by atoms with Crippen molar-refractivity contribution < 1.29 is 9.26 Å². The summed E-state index contributed by atoms with van der Waals surface area (Å²) in [6.07, 6.45) is 4.65. The van der Waals surface area contributed by atoms with Gasteiger partial charge in [0.1, 0.15) is 5.75 Å². The number of rotatable bonds is 5. The molecule has 1 aliphatic heterocycles. The summed E-state index contributed by atoms with van der Waals surface area (Å²) < 4.78 is 11.0. The van der Waals surface area contributed by atoms with Gasteiger partial charge in [-0.2, -0.15) is 4.98 Å². The lowest BCUT2D eigenvalue weighted by Gasteiger charge is -2.23. The zero-order chi connectivity index (χ0) is 15.8. The SMILES string of the molecule is COc1ccc(C)cc1CN1CCCC1c1noc(C2CC2)n1. The van der Waals surface area contributed by atoms with E-state index in [0.29, 0.717) is 5.92 Å². The monoisotopic (exact) mass is 313 g/mol. The highest BCUT2D eigenvalue weighted by molar-refractivity contribution is 5.37. The van der Waals surface area contributed by atoms with E-state index < -0.39 is 0 Å². The number of ether oxygens (including phenoxy) is 1. The highest BCUT2D eigenvalue weighted by atomic mass is 16.5. The minimum absolute atomic E-state index is 0.261. The number of likely N-dealkylation sites (tertiary alicyclic amines) is 1. The van der Waals surface area contributed by atoms with E-state index in [0.717, 1.165) is 37.0 Å². The molecule has 23 heavy (non-hydrogen) atoms. The maximum Gasteiger partial charge on any atom is 0.229 e. The molecule has 1 aromatic heterocycles. The maximum absolute atomic E-state index is 5.52. The van der Waals surface area contributed by atoms with E-state index in [1.165, 1.54) is 30.4 Å². The predicted octanol–water partition coefficient (Wildman–Crippen LogP) is 3.60. The third-order valence-electron chi connectivity index (χ3n) is 4.86. The first-order valence-corrected chi connectivity index (χ1v) is 8.45. The number of hydrogen-bond acceptors (Lipinski definition) is 5. The molecule has 5 heteroatoms. The number of benzene rings is 1. The minimum Gasteiger partial charge on any atom is -0.496 e. The summed E-state index contributed by atoms with van der Waals surface area (Å²) in [5.74, 6) is 3.16. The van der Waals surface area contributed by atoms with E-state index in [2.05, 4.69) is 40.2 Å². The summed E-state index contributed by atoms with van der Waals surface area (Å²) in [6.45, 7) is 4.05. The Kier molecular flexibility index (Phi) is 3.81. The lowest BCUT2D eigenvalue weighted by molar-refractivity contribution is 0.230. The second kappa shape index (κ2) is 5.96. The fourth-order valence-corrected chi connectivity index (χ4v) is 3.44. The van der Waals surface area contributed by atoms with Crippen LogP contribution in [0, 0.1) is 6.92 Å². The molecule has 0 spiro atoms. The summed E-state index contributed by atoms with van der Waals surface area (Å²) in [5.41, 5.74) is 2.48. The molecule has 0 bridgehead atoms. The van der Waals surface area contributed by atoms with Gasteiger partial charge in [-0.05, 0) is 45.2 Å². The van der Waals surface area contributed by atoms with Crippen molar-refractivity contribution >= 4 is 0 Å². The fourth-order valence-electron chi connectivity index (χ4n) is 3.44. The first kappa shape index (κ1) is 14.7. The molecule has 1 unspecified atom stereocenters. The Balaban J connectivity index is 1.54. The topological polar surface area (TPSA) is 51.4 Å². The van der Waals surface area contributed by atoms with Crippen LogP contribution in [0.3, 0.4) is 0 Å². The Morgan fingerprint density at radius 1 is 1.30 bits per heavy atom. The van der Waals surface area contributed by atoms with Gasteiger partial charge >= 0.3 is 0 Å². The van der Waals surface area contributed by atoms with Crippen molar-refractivity contribution in [2.45, 2.75) is 51.1 Å². The summed E-state index contributed by atoms with van der Waals surface area (Å²) in [5, 5.41) is 4.25. The molecule has 2 aliphatic rings. The van der Waals surface area contributed by atoms with Crippen LogP contribution in [0.1, 0.15) is 60.5 Å². The van der Waals surface area contributed by atoms with Crippen molar-refractivity contribution in [3.63, 3.8) is 0 Å². The predicted molar refractivity (Wildman–Crippen MR) is 86.4 cm³/mol. The van der Waals surface area contributed by atoms with E-state index in [9.17, 15) is 0 Å². The zero-order valence-corrected chi connectivity index (χ0v) is 13.8. The summed E-state index contributed by atoms with van der Waals surface area (Å²) in [6, 6.07) is 6.61. The van der Waals surface area contributed by atoms with Crippen LogP contribution in [-0.4, -0.2) is 28.7 Å². The van der Waals surface area contributed by atoms with E-state index in [-0.39, 0.29) is 6.04 Å². The number of aromatic nitrogens is 2. The van der Waals surface area contributed by atoms with Crippen LogP contribution in [0.15, 0.2) is 22.7 Å². The van der Waals surface area contributed by atoms with Crippen LogP contribution < -0.4 is 4.74 Å². The van der Waals surface area contributed by atoms with E-state index in [4.69, 9.17) is 9.26 Å². The summed E-state index contributed by atoms with van der Waals surface area (Å²) in [4.78, 5) is 7.10. The van der Waals surface area contributed by atoms with Gasteiger partial charge < -0.3 is 9.26 Å². The van der Waals surface area contributed by atoms with E-state index in [1.807, 2.05) is 0 Å². The molecule has 1 saturated carbocycles. The molecular weight excluding hydrogens is 290 g/mol. The Hall–Kier alpha value is -1.88. The summed E-state index contributed by atoms with van der Waals surface area (Å²) in [7, 11) is 1.73. The number of methoxy groups -OCH3 is 1. The van der Waals surface area contributed by atoms with Crippen molar-refractivity contribution in [3.8, 4) is 5.75 Å². The molecule has 0 N–H and O–H groups in total. The van der Waals surface area contributed by atoms with Gasteiger partial charge in [0, 0.05) is 18.0 Å². The second-order valence-corrected chi connectivity index (χ2v) is 6.71.